The highest BCUT2D eigenvalue weighted by Gasteiger charge is 2.38. The highest BCUT2D eigenvalue weighted by atomic mass is 32.2. The first-order valence-corrected chi connectivity index (χ1v) is 26.7. The number of nitrogens with two attached hydrogens (primary N) is 2. The zero-order valence-corrected chi connectivity index (χ0v) is 44.4. The number of aliphatic carboxylic acids is 1. The predicted octanol–water partition coefficient (Wildman–Crippen LogP) is 0.942. The summed E-state index contributed by atoms with van der Waals surface area (Å²) in [5, 5.41) is 22.5. The minimum absolute atomic E-state index is 0.0492. The second-order valence-corrected chi connectivity index (χ2v) is 19.7. The van der Waals surface area contributed by atoms with E-state index < -0.39 is 47.1 Å². The van der Waals surface area contributed by atoms with Crippen LogP contribution in [0.25, 0.3) is 0 Å². The number of anilines is 2. The molecule has 4 aromatic rings. The van der Waals surface area contributed by atoms with Crippen molar-refractivity contribution in [2.45, 2.75) is 69.1 Å². The van der Waals surface area contributed by atoms with Gasteiger partial charge in [-0.15, -0.1) is 11.8 Å². The number of nitrogens with zero attached hydrogens (tertiary/aromatic N) is 6. The molecule has 416 valence electrons. The van der Waals surface area contributed by atoms with Crippen molar-refractivity contribution in [3.63, 3.8) is 0 Å². The Morgan fingerprint density at radius 1 is 0.848 bits per heavy atom. The van der Waals surface area contributed by atoms with E-state index in [9.17, 15) is 43.5 Å². The fraction of sp³-hybridized carbons (Fsp3) is 0.389. The molecule has 4 heterocycles. The Morgan fingerprint density at radius 3 is 2.32 bits per heavy atom. The number of hydrogen-bond acceptors (Lipinski definition) is 18. The summed E-state index contributed by atoms with van der Waals surface area (Å²) in [6.45, 7) is 1.90. The largest absolute Gasteiger partial charge is 0.480 e. The number of fused-ring (bicyclic) bond motifs is 3. The van der Waals surface area contributed by atoms with Crippen molar-refractivity contribution in [2.75, 3.05) is 75.2 Å². The van der Waals surface area contributed by atoms with Crippen LogP contribution in [-0.2, 0) is 56.1 Å². The van der Waals surface area contributed by atoms with E-state index in [1.165, 1.54) is 11.8 Å². The summed E-state index contributed by atoms with van der Waals surface area (Å²) in [4.78, 5) is 119. The number of aromatic nitrogens is 2. The van der Waals surface area contributed by atoms with Gasteiger partial charge in [0.1, 0.15) is 17.9 Å². The standard InChI is InChI=1S/C54H63N13O11S/c1-65(33-38-31-60-50-48(61-38)49(55)63-54(56)64-50)39-14-12-36(13-15-39)51(73)62-40(53(75)76)16-17-43(68)59-23-29-79-42-30-47(72)66(52(42)74)24-19-44(69)58-22-26-78-28-27-77-25-20-45(70)57-21-18-46(71)67-32-37-8-3-2-6-34(37)10-11-35-7-4-5-9-41(35)67/h2-9,12-15,31,40,42,49H,16-30,32-33,55H2,1H3,(H,57,70)(H,58,69)(H,59,68)(H,62,73)(H,75,76)(H3,56,60,63,64)/t40-,42?,49?/m0/s1. The number of para-hydroxylation sites is 1. The summed E-state index contributed by atoms with van der Waals surface area (Å²) < 4.78 is 11.0. The number of likely N-dealkylation sites (tertiary alicyclic amines) is 1. The Kier molecular flexibility index (Phi) is 21.2. The van der Waals surface area contributed by atoms with Crippen LogP contribution in [0.15, 0.2) is 84.0 Å². The summed E-state index contributed by atoms with van der Waals surface area (Å²) in [7, 11) is 1.82. The summed E-state index contributed by atoms with van der Waals surface area (Å²) in [6, 6.07) is 20.4. The molecule has 3 aliphatic heterocycles. The highest BCUT2D eigenvalue weighted by Crippen LogP contribution is 2.28. The van der Waals surface area contributed by atoms with Crippen LogP contribution in [0.3, 0.4) is 0 Å². The molecule has 3 aromatic carbocycles. The molecule has 7 rings (SSSR count). The number of imide groups is 1. The molecule has 10 N–H and O–H groups in total. The molecule has 0 saturated carbocycles. The van der Waals surface area contributed by atoms with Gasteiger partial charge >= 0.3 is 5.97 Å². The number of carbonyl (C=O) groups excluding carboxylic acids is 7. The van der Waals surface area contributed by atoms with E-state index in [1.807, 2.05) is 60.5 Å². The van der Waals surface area contributed by atoms with Gasteiger partial charge in [0.25, 0.3) is 5.91 Å². The molecule has 3 aliphatic rings. The fourth-order valence-corrected chi connectivity index (χ4v) is 9.48. The molecule has 0 radical (unpaired) electrons. The lowest BCUT2D eigenvalue weighted by molar-refractivity contribution is -0.140. The quantitative estimate of drug-likeness (QED) is 0.0223. The Bertz CT molecular complexity index is 2990. The molecule has 3 atom stereocenters. The molecular formula is C54H63N13O11S. The first-order chi connectivity index (χ1) is 38.1. The van der Waals surface area contributed by atoms with Gasteiger partial charge in [-0.25, -0.2) is 14.8 Å². The Hall–Kier alpha value is -8.44. The lowest BCUT2D eigenvalue weighted by atomic mass is 10.0. The van der Waals surface area contributed by atoms with Gasteiger partial charge in [-0.3, -0.25) is 38.5 Å². The number of guanidine groups is 1. The Morgan fingerprint density at radius 2 is 1.53 bits per heavy atom. The number of thioether (sulfide) groups is 1. The minimum atomic E-state index is -1.35. The lowest BCUT2D eigenvalue weighted by Crippen LogP contribution is -2.42. The van der Waals surface area contributed by atoms with Crippen molar-refractivity contribution in [1.82, 2.24) is 41.5 Å². The molecule has 1 aromatic heterocycles. The highest BCUT2D eigenvalue weighted by molar-refractivity contribution is 8.00. The molecule has 0 spiro atoms. The number of carboxylic acid groups (broad SMARTS) is 1. The van der Waals surface area contributed by atoms with Gasteiger partial charge < -0.3 is 62.4 Å². The van der Waals surface area contributed by atoms with Crippen molar-refractivity contribution in [3.05, 3.63) is 113 Å². The smallest absolute Gasteiger partial charge is 0.326 e. The number of amides is 7. The van der Waals surface area contributed by atoms with Crippen LogP contribution in [0.4, 0.5) is 17.2 Å². The van der Waals surface area contributed by atoms with Gasteiger partial charge in [0.15, 0.2) is 11.8 Å². The van der Waals surface area contributed by atoms with Gasteiger partial charge in [0.05, 0.1) is 62.3 Å². The van der Waals surface area contributed by atoms with Crippen LogP contribution >= 0.6 is 11.8 Å². The molecule has 79 heavy (non-hydrogen) atoms. The SMILES string of the molecule is CN(Cc1cnc2c(n1)C(N)NC(N)=N2)c1ccc(C(=O)N[C@@H](CCC(=O)NCCSC2CC(=O)N(CCC(=O)NCCOCCOCCC(=O)NCCC(=O)N3Cc4ccccc4C#Cc4ccccc43)C2=O)C(=O)O)cc1. The summed E-state index contributed by atoms with van der Waals surface area (Å²) in [6.07, 6.45) is 0.591. The van der Waals surface area contributed by atoms with Crippen LogP contribution in [0, 0.1) is 11.8 Å². The van der Waals surface area contributed by atoms with E-state index in [-0.39, 0.29) is 126 Å². The average Bonchev–Trinajstić information content (AvgIpc) is 3.71. The second-order valence-electron chi connectivity index (χ2n) is 18.4. The molecule has 1 saturated heterocycles. The van der Waals surface area contributed by atoms with E-state index >= 15 is 0 Å². The molecule has 0 bridgehead atoms. The zero-order chi connectivity index (χ0) is 56.3. The molecule has 24 nitrogen and oxygen atoms in total. The topological polar surface area (TPSA) is 335 Å². The first kappa shape index (κ1) is 58.2. The van der Waals surface area contributed by atoms with E-state index in [0.717, 1.165) is 33.0 Å². The van der Waals surface area contributed by atoms with Crippen molar-refractivity contribution in [1.29, 1.82) is 0 Å². The zero-order valence-electron chi connectivity index (χ0n) is 43.5. The second kappa shape index (κ2) is 28.8. The number of carboxylic acids is 1. The van der Waals surface area contributed by atoms with Crippen molar-refractivity contribution in [2.24, 2.45) is 16.5 Å². The first-order valence-electron chi connectivity index (χ1n) is 25.6. The van der Waals surface area contributed by atoms with Crippen LogP contribution in [0.1, 0.15) is 83.1 Å². The third-order valence-corrected chi connectivity index (χ3v) is 13.9. The van der Waals surface area contributed by atoms with Crippen molar-refractivity contribution < 1.29 is 52.9 Å². The van der Waals surface area contributed by atoms with Crippen LogP contribution in [0.2, 0.25) is 0 Å². The minimum Gasteiger partial charge on any atom is -0.480 e. The summed E-state index contributed by atoms with van der Waals surface area (Å²) >= 11 is 1.19. The third-order valence-electron chi connectivity index (χ3n) is 12.6. The molecule has 1 fully saturated rings. The summed E-state index contributed by atoms with van der Waals surface area (Å²) in [5.41, 5.74) is 17.1. The number of hydrogen-bond donors (Lipinski definition) is 8. The fourth-order valence-electron chi connectivity index (χ4n) is 8.45. The van der Waals surface area contributed by atoms with Crippen molar-refractivity contribution in [3.8, 4) is 11.8 Å². The maximum atomic E-state index is 13.4. The number of rotatable bonds is 28. The van der Waals surface area contributed by atoms with Crippen molar-refractivity contribution >= 4 is 82.2 Å². The maximum absolute atomic E-state index is 13.4. The third kappa shape index (κ3) is 17.0. The molecule has 0 aliphatic carbocycles. The Labute approximate surface area is 460 Å². The van der Waals surface area contributed by atoms with Gasteiger partial charge in [0, 0.05) is 93.5 Å². The molecule has 2 unspecified atom stereocenters. The van der Waals surface area contributed by atoms with Crippen LogP contribution in [-0.4, -0.2) is 150 Å². The van der Waals surface area contributed by atoms with Gasteiger partial charge in [-0.1, -0.05) is 42.2 Å². The van der Waals surface area contributed by atoms with E-state index in [1.54, 1.807) is 35.4 Å². The number of carbonyl (C=O) groups is 8. The maximum Gasteiger partial charge on any atom is 0.326 e. The van der Waals surface area contributed by atoms with Crippen LogP contribution < -0.4 is 47.9 Å². The van der Waals surface area contributed by atoms with Crippen LogP contribution in [0.5, 0.6) is 0 Å². The van der Waals surface area contributed by atoms with E-state index in [2.05, 4.69) is 53.4 Å². The Balaban J connectivity index is 0.689. The average molecular weight is 1100 g/mol. The monoisotopic (exact) mass is 1100 g/mol. The predicted molar refractivity (Wildman–Crippen MR) is 292 cm³/mol. The van der Waals surface area contributed by atoms with Gasteiger partial charge in [-0.2, -0.15) is 4.99 Å². The number of nitrogens with one attached hydrogen (secondary N) is 5. The normalized spacial score (nSPS) is 15.5. The molecular weight excluding hydrogens is 1040 g/mol. The van der Waals surface area contributed by atoms with Gasteiger partial charge in [0.2, 0.25) is 35.4 Å². The lowest BCUT2D eigenvalue weighted by Gasteiger charge is -2.26. The summed E-state index contributed by atoms with van der Waals surface area (Å²) in [5.74, 6) is 3.16. The molecule has 25 heteroatoms. The van der Waals surface area contributed by atoms with E-state index in [4.69, 9.17) is 20.9 Å². The van der Waals surface area contributed by atoms with E-state index in [0.29, 0.717) is 30.3 Å². The number of ether oxygens (including phenoxy) is 2. The number of benzene rings is 3. The number of aliphatic imine (C=N–C) groups is 1. The van der Waals surface area contributed by atoms with Gasteiger partial charge in [-0.05, 0) is 54.4 Å². The molecule has 7 amide bonds.